The first-order valence-electron chi connectivity index (χ1n) is 7.11. The molecular weight excluding hydrogens is 232 g/mol. The minimum atomic E-state index is 0.0808. The van der Waals surface area contributed by atoms with E-state index < -0.39 is 0 Å². The van der Waals surface area contributed by atoms with E-state index in [1.807, 2.05) is 18.5 Å². The summed E-state index contributed by atoms with van der Waals surface area (Å²) in [5.41, 5.74) is 9.17. The first-order valence-corrected chi connectivity index (χ1v) is 7.11. The van der Waals surface area contributed by atoms with Crippen molar-refractivity contribution in [3.05, 3.63) is 53.9 Å². The molecule has 0 saturated carbocycles. The lowest BCUT2D eigenvalue weighted by molar-refractivity contribution is 0.630. The lowest BCUT2D eigenvalue weighted by Gasteiger charge is -2.19. The molecule has 19 heavy (non-hydrogen) atoms. The Morgan fingerprint density at radius 3 is 3.00 bits per heavy atom. The maximum absolute atomic E-state index is 6.42. The molecule has 0 fully saturated rings. The summed E-state index contributed by atoms with van der Waals surface area (Å²) < 4.78 is 0. The van der Waals surface area contributed by atoms with Gasteiger partial charge in [0.15, 0.2) is 0 Å². The molecule has 98 valence electrons. The summed E-state index contributed by atoms with van der Waals surface area (Å²) in [6.07, 6.45) is 12.2. The highest BCUT2D eigenvalue weighted by atomic mass is 14.6. The summed E-state index contributed by atoms with van der Waals surface area (Å²) >= 11 is 0. The fourth-order valence-electron chi connectivity index (χ4n) is 2.94. The number of allylic oxidation sites excluding steroid dienone is 1. The number of fused-ring (bicyclic) bond motifs is 1. The molecule has 0 aliphatic heterocycles. The molecule has 0 amide bonds. The van der Waals surface area contributed by atoms with Crippen LogP contribution in [0.2, 0.25) is 0 Å². The average molecular weight is 252 g/mol. The Morgan fingerprint density at radius 1 is 1.21 bits per heavy atom. The van der Waals surface area contributed by atoms with Crippen LogP contribution in [-0.4, -0.2) is 4.98 Å². The molecule has 0 saturated heterocycles. The van der Waals surface area contributed by atoms with Crippen molar-refractivity contribution < 1.29 is 0 Å². The summed E-state index contributed by atoms with van der Waals surface area (Å²) in [6.45, 7) is 0. The van der Waals surface area contributed by atoms with Gasteiger partial charge in [-0.05, 0) is 49.1 Å². The van der Waals surface area contributed by atoms with Crippen molar-refractivity contribution in [1.82, 2.24) is 4.98 Å². The number of hydrogen-bond donors (Lipinski definition) is 1. The molecule has 0 radical (unpaired) electrons. The molecule has 1 heterocycles. The second-order valence-corrected chi connectivity index (χ2v) is 5.36. The molecule has 1 aliphatic carbocycles. The van der Waals surface area contributed by atoms with Gasteiger partial charge in [0.05, 0.1) is 0 Å². The predicted molar refractivity (Wildman–Crippen MR) is 79.8 cm³/mol. The van der Waals surface area contributed by atoms with Crippen molar-refractivity contribution in [3.8, 4) is 0 Å². The quantitative estimate of drug-likeness (QED) is 0.834. The van der Waals surface area contributed by atoms with Gasteiger partial charge in [0.1, 0.15) is 0 Å². The fourth-order valence-corrected chi connectivity index (χ4v) is 2.94. The summed E-state index contributed by atoms with van der Waals surface area (Å²) in [5.74, 6) is 0. The van der Waals surface area contributed by atoms with Gasteiger partial charge in [0, 0.05) is 23.8 Å². The lowest BCUT2D eigenvalue weighted by atomic mass is 9.90. The zero-order valence-electron chi connectivity index (χ0n) is 11.2. The molecule has 1 atom stereocenters. The largest absolute Gasteiger partial charge is 0.324 e. The van der Waals surface area contributed by atoms with Crippen LogP contribution in [0.15, 0.2) is 48.3 Å². The molecule has 0 spiro atoms. The van der Waals surface area contributed by atoms with E-state index in [1.165, 1.54) is 47.6 Å². The zero-order chi connectivity index (χ0) is 13.1. The Balaban J connectivity index is 1.88. The molecule has 2 N–H and O–H groups in total. The number of aromatic nitrogens is 1. The highest BCUT2D eigenvalue weighted by molar-refractivity contribution is 5.85. The van der Waals surface area contributed by atoms with E-state index in [2.05, 4.69) is 29.3 Å². The Bertz CT molecular complexity index is 596. The van der Waals surface area contributed by atoms with E-state index in [-0.39, 0.29) is 6.04 Å². The number of pyridine rings is 1. The van der Waals surface area contributed by atoms with Crippen molar-refractivity contribution in [1.29, 1.82) is 0 Å². The molecule has 1 unspecified atom stereocenters. The molecule has 1 aliphatic rings. The van der Waals surface area contributed by atoms with Gasteiger partial charge < -0.3 is 5.73 Å². The summed E-state index contributed by atoms with van der Waals surface area (Å²) in [6, 6.07) is 8.47. The van der Waals surface area contributed by atoms with Crippen LogP contribution < -0.4 is 5.73 Å². The van der Waals surface area contributed by atoms with E-state index >= 15 is 0 Å². The maximum atomic E-state index is 6.42. The van der Waals surface area contributed by atoms with Crippen LogP contribution in [0, 0.1) is 0 Å². The van der Waals surface area contributed by atoms with Gasteiger partial charge in [-0.15, -0.1) is 0 Å². The lowest BCUT2D eigenvalue weighted by Crippen LogP contribution is -2.12. The molecule has 2 nitrogen and oxygen atoms in total. The van der Waals surface area contributed by atoms with Crippen molar-refractivity contribution in [3.63, 3.8) is 0 Å². The highest BCUT2D eigenvalue weighted by Gasteiger charge is 2.13. The van der Waals surface area contributed by atoms with Gasteiger partial charge >= 0.3 is 0 Å². The highest BCUT2D eigenvalue weighted by Crippen LogP contribution is 2.29. The van der Waals surface area contributed by atoms with Crippen LogP contribution in [0.3, 0.4) is 0 Å². The second-order valence-electron chi connectivity index (χ2n) is 5.36. The van der Waals surface area contributed by atoms with Gasteiger partial charge in [-0.25, -0.2) is 0 Å². The Morgan fingerprint density at radius 2 is 2.16 bits per heavy atom. The molecule has 2 heteroatoms. The number of nitrogens with two attached hydrogens (primary N) is 1. The number of nitrogens with zero attached hydrogens (tertiary/aromatic N) is 1. The molecule has 3 rings (SSSR count). The van der Waals surface area contributed by atoms with E-state index in [1.54, 1.807) is 0 Å². The third-order valence-electron chi connectivity index (χ3n) is 3.98. The van der Waals surface area contributed by atoms with E-state index in [9.17, 15) is 0 Å². The smallest absolute Gasteiger partial charge is 0.0349 e. The van der Waals surface area contributed by atoms with Crippen LogP contribution in [0.25, 0.3) is 10.8 Å². The average Bonchev–Trinajstić information content (AvgIpc) is 2.47. The molecule has 1 aromatic heterocycles. The van der Waals surface area contributed by atoms with Gasteiger partial charge in [0.2, 0.25) is 0 Å². The second kappa shape index (κ2) is 5.54. The summed E-state index contributed by atoms with van der Waals surface area (Å²) in [7, 11) is 0. The van der Waals surface area contributed by atoms with Gasteiger partial charge in [-0.3, -0.25) is 4.98 Å². The Hall–Kier alpha value is -1.67. The van der Waals surface area contributed by atoms with Gasteiger partial charge in [0.25, 0.3) is 0 Å². The third kappa shape index (κ3) is 2.69. The fraction of sp³-hybridized carbons (Fsp3) is 0.353. The van der Waals surface area contributed by atoms with E-state index in [4.69, 9.17) is 5.73 Å². The Kier molecular flexibility index (Phi) is 3.60. The summed E-state index contributed by atoms with van der Waals surface area (Å²) in [4.78, 5) is 4.23. The first-order chi connectivity index (χ1) is 9.34. The van der Waals surface area contributed by atoms with Crippen LogP contribution in [0.1, 0.15) is 43.7 Å². The minimum Gasteiger partial charge on any atom is -0.324 e. The molecular formula is C17H20N2. The maximum Gasteiger partial charge on any atom is 0.0349 e. The first kappa shape index (κ1) is 12.4. The number of benzene rings is 1. The van der Waals surface area contributed by atoms with Crippen LogP contribution in [-0.2, 0) is 0 Å². The molecule has 0 bridgehead atoms. The minimum absolute atomic E-state index is 0.0808. The third-order valence-corrected chi connectivity index (χ3v) is 3.98. The Labute approximate surface area is 114 Å². The SMILES string of the molecule is NC(CC1=CCCCC1)c1cccc2ccncc12. The predicted octanol–water partition coefficient (Wildman–Crippen LogP) is 4.13. The van der Waals surface area contributed by atoms with Crippen LogP contribution >= 0.6 is 0 Å². The van der Waals surface area contributed by atoms with Crippen molar-refractivity contribution in [2.45, 2.75) is 38.1 Å². The topological polar surface area (TPSA) is 38.9 Å². The molecule has 2 aromatic rings. The summed E-state index contributed by atoms with van der Waals surface area (Å²) in [5, 5.41) is 2.41. The van der Waals surface area contributed by atoms with Gasteiger partial charge in [-0.2, -0.15) is 0 Å². The van der Waals surface area contributed by atoms with E-state index in [0.717, 1.165) is 6.42 Å². The standard InChI is InChI=1S/C17H20N2/c18-17(11-13-5-2-1-3-6-13)15-8-4-7-14-9-10-19-12-16(14)15/h4-5,7-10,12,17H,1-3,6,11,18H2. The number of rotatable bonds is 3. The van der Waals surface area contributed by atoms with Crippen molar-refractivity contribution in [2.75, 3.05) is 0 Å². The van der Waals surface area contributed by atoms with Gasteiger partial charge in [-0.1, -0.05) is 29.8 Å². The zero-order valence-corrected chi connectivity index (χ0v) is 11.2. The molecule has 1 aromatic carbocycles. The number of hydrogen-bond acceptors (Lipinski definition) is 2. The monoisotopic (exact) mass is 252 g/mol. The van der Waals surface area contributed by atoms with Crippen molar-refractivity contribution in [2.24, 2.45) is 5.73 Å². The van der Waals surface area contributed by atoms with Crippen LogP contribution in [0.5, 0.6) is 0 Å². The van der Waals surface area contributed by atoms with Crippen molar-refractivity contribution >= 4 is 10.8 Å². The normalized spacial score (nSPS) is 17.2. The van der Waals surface area contributed by atoms with E-state index in [0.29, 0.717) is 0 Å². The van der Waals surface area contributed by atoms with Crippen LogP contribution in [0.4, 0.5) is 0 Å².